The molecule has 0 aliphatic rings. The summed E-state index contributed by atoms with van der Waals surface area (Å²) in [6.07, 6.45) is 1.46. The number of nitrogens with one attached hydrogen (secondary N) is 1. The molecular weight excluding hydrogens is 382 g/mol. The van der Waals surface area contributed by atoms with Gasteiger partial charge in [-0.05, 0) is 46.3 Å². The van der Waals surface area contributed by atoms with Crippen molar-refractivity contribution in [1.82, 2.24) is 4.98 Å². The molecule has 1 amide bonds. The molecule has 0 unspecified atom stereocenters. The maximum Gasteiger partial charge on any atom is 0.255 e. The van der Waals surface area contributed by atoms with Crippen LogP contribution in [0.3, 0.4) is 0 Å². The van der Waals surface area contributed by atoms with Gasteiger partial charge in [-0.15, -0.1) is 0 Å². The number of primary sulfonamides is 1. The number of carbonyl (C=O) groups is 1. The number of pyridine rings is 1. The molecule has 1 heterocycles. The molecule has 9 heteroatoms. The number of anilines is 1. The van der Waals surface area contributed by atoms with Crippen molar-refractivity contribution < 1.29 is 13.2 Å². The van der Waals surface area contributed by atoms with Crippen molar-refractivity contribution in [3.8, 4) is 0 Å². The van der Waals surface area contributed by atoms with E-state index in [0.717, 1.165) is 0 Å². The van der Waals surface area contributed by atoms with Crippen LogP contribution in [-0.2, 0) is 10.0 Å². The number of sulfonamides is 1. The third-order valence-corrected chi connectivity index (χ3v) is 4.18. The van der Waals surface area contributed by atoms with E-state index in [1.807, 2.05) is 0 Å². The zero-order valence-electron chi connectivity index (χ0n) is 10.4. The highest BCUT2D eigenvalue weighted by Gasteiger charge is 2.13. The predicted molar refractivity (Wildman–Crippen MR) is 82.7 cm³/mol. The molecule has 110 valence electrons. The fourth-order valence-corrected chi connectivity index (χ4v) is 2.58. The number of benzene rings is 1. The van der Waals surface area contributed by atoms with E-state index in [-0.39, 0.29) is 15.6 Å². The lowest BCUT2D eigenvalue weighted by atomic mass is 10.2. The Labute approximate surface area is 134 Å². The molecule has 21 heavy (non-hydrogen) atoms. The lowest BCUT2D eigenvalue weighted by Gasteiger charge is -2.09. The summed E-state index contributed by atoms with van der Waals surface area (Å²) < 4.78 is 23.1. The van der Waals surface area contributed by atoms with Gasteiger partial charge in [-0.2, -0.15) is 0 Å². The minimum absolute atomic E-state index is 0.141. The fraction of sp³-hybridized carbons (Fsp3) is 0. The number of nitrogens with zero attached hydrogens (tertiary/aromatic N) is 1. The van der Waals surface area contributed by atoms with Gasteiger partial charge in [0.2, 0.25) is 10.0 Å². The van der Waals surface area contributed by atoms with Gasteiger partial charge in [0.15, 0.2) is 0 Å². The fourth-order valence-electron chi connectivity index (χ4n) is 1.52. The number of carbonyl (C=O) groups excluding carboxylic acids is 1. The van der Waals surface area contributed by atoms with Crippen LogP contribution in [0.4, 0.5) is 5.69 Å². The molecule has 0 atom stereocenters. The van der Waals surface area contributed by atoms with Crippen LogP contribution in [0.15, 0.2) is 46.0 Å². The van der Waals surface area contributed by atoms with E-state index in [9.17, 15) is 13.2 Å². The number of aromatic nitrogens is 1. The minimum atomic E-state index is -3.88. The van der Waals surface area contributed by atoms with Crippen LogP contribution < -0.4 is 10.5 Å². The Balaban J connectivity index is 2.33. The van der Waals surface area contributed by atoms with Crippen molar-refractivity contribution in [1.29, 1.82) is 0 Å². The Morgan fingerprint density at radius 1 is 1.29 bits per heavy atom. The molecule has 1 aromatic heterocycles. The zero-order valence-corrected chi connectivity index (χ0v) is 13.5. The third-order valence-electron chi connectivity index (χ3n) is 2.50. The Morgan fingerprint density at radius 3 is 2.62 bits per heavy atom. The first-order chi connectivity index (χ1) is 9.77. The molecule has 3 N–H and O–H groups in total. The highest BCUT2D eigenvalue weighted by Crippen LogP contribution is 2.25. The quantitative estimate of drug-likeness (QED) is 0.786. The lowest BCUT2D eigenvalue weighted by molar-refractivity contribution is 0.102. The summed E-state index contributed by atoms with van der Waals surface area (Å²) in [7, 11) is -3.88. The molecule has 0 aliphatic carbocycles. The highest BCUT2D eigenvalue weighted by atomic mass is 79.9. The molecule has 6 nitrogen and oxygen atoms in total. The van der Waals surface area contributed by atoms with Gasteiger partial charge in [-0.1, -0.05) is 11.6 Å². The second-order valence-electron chi connectivity index (χ2n) is 4.01. The maximum atomic E-state index is 12.1. The molecular formula is C12H9BrClN3O3S. The lowest BCUT2D eigenvalue weighted by Crippen LogP contribution is -2.15. The Morgan fingerprint density at radius 2 is 2.00 bits per heavy atom. The van der Waals surface area contributed by atoms with Gasteiger partial charge in [0.05, 0.1) is 15.6 Å². The second-order valence-corrected chi connectivity index (χ2v) is 6.79. The number of amides is 1. The standard InChI is InChI=1S/C12H9BrClN3O3S/c13-11-5-7(3-4-16-11)12(18)17-10-6-8(21(15,19)20)1-2-9(10)14/h1-6H,(H,17,18)(H2,15,19,20). The topological polar surface area (TPSA) is 102 Å². The van der Waals surface area contributed by atoms with E-state index >= 15 is 0 Å². The third kappa shape index (κ3) is 4.01. The second kappa shape index (κ2) is 6.10. The van der Waals surface area contributed by atoms with Gasteiger partial charge < -0.3 is 5.32 Å². The Hall–Kier alpha value is -1.48. The van der Waals surface area contributed by atoms with Gasteiger partial charge in [0.1, 0.15) is 4.60 Å². The van der Waals surface area contributed by atoms with Crippen LogP contribution in [0.1, 0.15) is 10.4 Å². The minimum Gasteiger partial charge on any atom is -0.321 e. The SMILES string of the molecule is NS(=O)(=O)c1ccc(Cl)c(NC(=O)c2ccnc(Br)c2)c1. The van der Waals surface area contributed by atoms with Gasteiger partial charge in [0, 0.05) is 11.8 Å². The molecule has 2 aromatic rings. The largest absolute Gasteiger partial charge is 0.321 e. The average molecular weight is 391 g/mol. The number of halogens is 2. The normalized spacial score (nSPS) is 11.2. The van der Waals surface area contributed by atoms with E-state index in [1.165, 1.54) is 36.5 Å². The number of hydrogen-bond donors (Lipinski definition) is 2. The van der Waals surface area contributed by atoms with E-state index < -0.39 is 15.9 Å². The van der Waals surface area contributed by atoms with Crippen LogP contribution in [-0.4, -0.2) is 19.3 Å². The van der Waals surface area contributed by atoms with Gasteiger partial charge in [-0.25, -0.2) is 18.5 Å². The van der Waals surface area contributed by atoms with Gasteiger partial charge in [-0.3, -0.25) is 4.79 Å². The van der Waals surface area contributed by atoms with Crippen molar-refractivity contribution >= 4 is 49.1 Å². The maximum absolute atomic E-state index is 12.1. The van der Waals surface area contributed by atoms with Crippen LogP contribution in [0.5, 0.6) is 0 Å². The molecule has 0 fully saturated rings. The summed E-state index contributed by atoms with van der Waals surface area (Å²) >= 11 is 9.09. The molecule has 0 aliphatic heterocycles. The van der Waals surface area contributed by atoms with Gasteiger partial charge >= 0.3 is 0 Å². The summed E-state index contributed by atoms with van der Waals surface area (Å²) in [5.74, 6) is -0.452. The first kappa shape index (κ1) is 15.9. The summed E-state index contributed by atoms with van der Waals surface area (Å²) in [6.45, 7) is 0. The van der Waals surface area contributed by atoms with Crippen molar-refractivity contribution in [3.05, 3.63) is 51.7 Å². The Bertz CT molecular complexity index is 811. The van der Waals surface area contributed by atoms with Crippen molar-refractivity contribution in [2.45, 2.75) is 4.90 Å². The number of hydrogen-bond acceptors (Lipinski definition) is 4. The van der Waals surface area contributed by atoms with Crippen LogP contribution in [0.25, 0.3) is 0 Å². The van der Waals surface area contributed by atoms with Crippen molar-refractivity contribution in [2.75, 3.05) is 5.32 Å². The monoisotopic (exact) mass is 389 g/mol. The molecule has 0 saturated carbocycles. The van der Waals surface area contributed by atoms with Crippen molar-refractivity contribution in [3.63, 3.8) is 0 Å². The molecule has 0 bridgehead atoms. The van der Waals surface area contributed by atoms with E-state index in [2.05, 4.69) is 26.2 Å². The molecule has 2 rings (SSSR count). The van der Waals surface area contributed by atoms with Crippen LogP contribution in [0.2, 0.25) is 5.02 Å². The van der Waals surface area contributed by atoms with E-state index in [1.54, 1.807) is 0 Å². The summed E-state index contributed by atoms with van der Waals surface area (Å²) in [4.78, 5) is 15.8. The number of rotatable bonds is 3. The summed E-state index contributed by atoms with van der Waals surface area (Å²) in [6, 6.07) is 6.84. The predicted octanol–water partition coefficient (Wildman–Crippen LogP) is 2.40. The molecule has 0 spiro atoms. The summed E-state index contributed by atoms with van der Waals surface area (Å²) in [5, 5.41) is 7.76. The van der Waals surface area contributed by atoms with Gasteiger partial charge in [0.25, 0.3) is 5.91 Å². The van der Waals surface area contributed by atoms with E-state index in [0.29, 0.717) is 10.2 Å². The van der Waals surface area contributed by atoms with E-state index in [4.69, 9.17) is 16.7 Å². The zero-order chi connectivity index (χ0) is 15.6. The number of nitrogens with two attached hydrogens (primary N) is 1. The summed E-state index contributed by atoms with van der Waals surface area (Å²) in [5.41, 5.74) is 0.495. The first-order valence-electron chi connectivity index (χ1n) is 5.52. The molecule has 0 saturated heterocycles. The average Bonchev–Trinajstić information content (AvgIpc) is 2.40. The first-order valence-corrected chi connectivity index (χ1v) is 8.24. The highest BCUT2D eigenvalue weighted by molar-refractivity contribution is 9.10. The van der Waals surface area contributed by atoms with Crippen LogP contribution in [0, 0.1) is 0 Å². The van der Waals surface area contributed by atoms with Crippen LogP contribution >= 0.6 is 27.5 Å². The smallest absolute Gasteiger partial charge is 0.255 e. The molecule has 1 aromatic carbocycles. The Kier molecular flexibility index (Phi) is 4.62. The molecule has 0 radical (unpaired) electrons. The van der Waals surface area contributed by atoms with Crippen molar-refractivity contribution in [2.24, 2.45) is 5.14 Å².